The molecule has 5 heteroatoms. The van der Waals surface area contributed by atoms with Gasteiger partial charge in [-0.2, -0.15) is 0 Å². The number of nitrogens with zero attached hydrogens (tertiary/aromatic N) is 2. The maximum Gasteiger partial charge on any atom is 0.252 e. The van der Waals surface area contributed by atoms with E-state index in [0.29, 0.717) is 12.2 Å². The van der Waals surface area contributed by atoms with Crippen molar-refractivity contribution in [2.24, 2.45) is 4.99 Å². The van der Waals surface area contributed by atoms with Gasteiger partial charge in [-0.3, -0.25) is 19.5 Å². The van der Waals surface area contributed by atoms with E-state index in [9.17, 15) is 9.59 Å². The van der Waals surface area contributed by atoms with E-state index in [-0.39, 0.29) is 11.8 Å². The lowest BCUT2D eigenvalue weighted by molar-refractivity contribution is -0.127. The van der Waals surface area contributed by atoms with Gasteiger partial charge in [0.05, 0.1) is 5.69 Å². The number of hydrogen-bond donors (Lipinski definition) is 1. The van der Waals surface area contributed by atoms with Crippen molar-refractivity contribution in [2.45, 2.75) is 32.5 Å². The van der Waals surface area contributed by atoms with E-state index in [4.69, 9.17) is 0 Å². The Morgan fingerprint density at radius 1 is 0.968 bits per heavy atom. The van der Waals surface area contributed by atoms with Crippen molar-refractivity contribution < 1.29 is 9.59 Å². The molecule has 1 heterocycles. The SMILES string of the molecule is CC1=N[C@H](C)C(=O)N([C@H](C(=O)NCc2ccccc2)c2ccccc2)c2ccccc21. The zero-order chi connectivity index (χ0) is 21.8. The first kappa shape index (κ1) is 20.5. The highest BCUT2D eigenvalue weighted by atomic mass is 16.2. The van der Waals surface area contributed by atoms with Gasteiger partial charge < -0.3 is 5.32 Å². The van der Waals surface area contributed by atoms with Crippen LogP contribution in [0, 0.1) is 0 Å². The zero-order valence-corrected chi connectivity index (χ0v) is 17.7. The summed E-state index contributed by atoms with van der Waals surface area (Å²) in [6.07, 6.45) is 0. The largest absolute Gasteiger partial charge is 0.350 e. The number of benzene rings is 3. The first-order valence-corrected chi connectivity index (χ1v) is 10.4. The summed E-state index contributed by atoms with van der Waals surface area (Å²) in [5.41, 5.74) is 4.09. The van der Waals surface area contributed by atoms with Crippen molar-refractivity contribution in [1.29, 1.82) is 0 Å². The monoisotopic (exact) mass is 411 g/mol. The summed E-state index contributed by atoms with van der Waals surface area (Å²) >= 11 is 0. The van der Waals surface area contributed by atoms with Gasteiger partial charge in [-0.25, -0.2) is 0 Å². The molecule has 0 spiro atoms. The molecule has 1 aliphatic rings. The summed E-state index contributed by atoms with van der Waals surface area (Å²) in [5, 5.41) is 3.02. The van der Waals surface area contributed by atoms with E-state index in [1.807, 2.05) is 91.9 Å². The van der Waals surface area contributed by atoms with Crippen molar-refractivity contribution in [3.63, 3.8) is 0 Å². The lowest BCUT2D eigenvalue weighted by Crippen LogP contribution is -2.46. The number of aliphatic imine (C=N–C) groups is 1. The molecule has 0 saturated heterocycles. The molecular weight excluding hydrogens is 386 g/mol. The van der Waals surface area contributed by atoms with Gasteiger partial charge in [-0.15, -0.1) is 0 Å². The third kappa shape index (κ3) is 4.26. The fourth-order valence-electron chi connectivity index (χ4n) is 3.93. The van der Waals surface area contributed by atoms with Gasteiger partial charge in [0, 0.05) is 17.8 Å². The second-order valence-electron chi connectivity index (χ2n) is 7.63. The minimum Gasteiger partial charge on any atom is -0.350 e. The molecule has 2 atom stereocenters. The first-order chi connectivity index (χ1) is 15.1. The second kappa shape index (κ2) is 8.96. The summed E-state index contributed by atoms with van der Waals surface area (Å²) in [6, 6.07) is 25.4. The number of rotatable bonds is 5. The zero-order valence-electron chi connectivity index (χ0n) is 17.7. The number of fused-ring (bicyclic) bond motifs is 1. The maximum absolute atomic E-state index is 13.5. The van der Waals surface area contributed by atoms with Gasteiger partial charge in [0.25, 0.3) is 5.91 Å². The Kier molecular flexibility index (Phi) is 5.94. The van der Waals surface area contributed by atoms with Crippen molar-refractivity contribution in [3.05, 3.63) is 102 Å². The van der Waals surface area contributed by atoms with Crippen LogP contribution < -0.4 is 10.2 Å². The summed E-state index contributed by atoms with van der Waals surface area (Å²) in [6.45, 7) is 4.06. The molecule has 3 aromatic rings. The molecule has 31 heavy (non-hydrogen) atoms. The first-order valence-electron chi connectivity index (χ1n) is 10.4. The Morgan fingerprint density at radius 2 is 1.58 bits per heavy atom. The van der Waals surface area contributed by atoms with Crippen LogP contribution in [0.5, 0.6) is 0 Å². The van der Waals surface area contributed by atoms with Gasteiger partial charge in [0.2, 0.25) is 5.91 Å². The number of nitrogens with one attached hydrogen (secondary N) is 1. The van der Waals surface area contributed by atoms with Crippen molar-refractivity contribution in [3.8, 4) is 0 Å². The summed E-state index contributed by atoms with van der Waals surface area (Å²) in [4.78, 5) is 33.2. The molecule has 0 fully saturated rings. The minimum atomic E-state index is -0.804. The molecular formula is C26H25N3O2. The second-order valence-corrected chi connectivity index (χ2v) is 7.63. The summed E-state index contributed by atoms with van der Waals surface area (Å²) in [5.74, 6) is -0.432. The van der Waals surface area contributed by atoms with Crippen LogP contribution in [0.4, 0.5) is 5.69 Å². The Balaban J connectivity index is 1.77. The quantitative estimate of drug-likeness (QED) is 0.681. The van der Waals surface area contributed by atoms with Crippen LogP contribution in [0.15, 0.2) is 89.9 Å². The third-order valence-electron chi connectivity index (χ3n) is 5.47. The van der Waals surface area contributed by atoms with Crippen LogP contribution in [0.3, 0.4) is 0 Å². The standard InChI is InChI=1S/C26H25N3O2/c1-18-22-15-9-10-16-23(22)29(26(31)19(2)28-18)24(21-13-7-4-8-14-21)25(30)27-17-20-11-5-3-6-12-20/h3-16,19,24H,17H2,1-2H3,(H,27,30)/t19-,24+/m1/s1. The van der Waals surface area contributed by atoms with E-state index >= 15 is 0 Å². The highest BCUT2D eigenvalue weighted by Crippen LogP contribution is 2.34. The fourth-order valence-corrected chi connectivity index (χ4v) is 3.93. The van der Waals surface area contributed by atoms with E-state index < -0.39 is 12.1 Å². The molecule has 0 bridgehead atoms. The van der Waals surface area contributed by atoms with Gasteiger partial charge in [0.1, 0.15) is 12.1 Å². The number of benzodiazepines with no additional fused rings is 1. The van der Waals surface area contributed by atoms with Crippen LogP contribution in [0.1, 0.15) is 36.6 Å². The molecule has 1 N–H and O–H groups in total. The normalized spacial score (nSPS) is 16.7. The fraction of sp³-hybridized carbons (Fsp3) is 0.192. The summed E-state index contributed by atoms with van der Waals surface area (Å²) < 4.78 is 0. The lowest BCUT2D eigenvalue weighted by atomic mass is 10.0. The Labute approximate surface area is 182 Å². The number of carbonyl (C=O) groups excluding carboxylic acids is 2. The van der Waals surface area contributed by atoms with E-state index in [0.717, 1.165) is 22.4 Å². The Hall–Kier alpha value is -3.73. The van der Waals surface area contributed by atoms with Crippen LogP contribution in [-0.2, 0) is 16.1 Å². The average molecular weight is 412 g/mol. The molecule has 156 valence electrons. The highest BCUT2D eigenvalue weighted by Gasteiger charge is 2.37. The molecule has 0 aliphatic carbocycles. The molecule has 3 aromatic carbocycles. The number of carbonyl (C=O) groups is 2. The van der Waals surface area contributed by atoms with Crippen LogP contribution >= 0.6 is 0 Å². The van der Waals surface area contributed by atoms with Crippen LogP contribution in [-0.4, -0.2) is 23.6 Å². The predicted octanol–water partition coefficient (Wildman–Crippen LogP) is 4.29. The number of hydrogen-bond acceptors (Lipinski definition) is 3. The van der Waals surface area contributed by atoms with E-state index in [1.165, 1.54) is 0 Å². The van der Waals surface area contributed by atoms with Crippen molar-refractivity contribution >= 4 is 23.2 Å². The van der Waals surface area contributed by atoms with Gasteiger partial charge in [-0.1, -0.05) is 78.9 Å². The molecule has 2 amide bonds. The van der Waals surface area contributed by atoms with Crippen LogP contribution in [0.2, 0.25) is 0 Å². The highest BCUT2D eigenvalue weighted by molar-refractivity contribution is 6.13. The van der Waals surface area contributed by atoms with Crippen molar-refractivity contribution in [1.82, 2.24) is 5.32 Å². The molecule has 0 unspecified atom stereocenters. The molecule has 0 aromatic heterocycles. The number of anilines is 1. The number of para-hydroxylation sites is 1. The van der Waals surface area contributed by atoms with Gasteiger partial charge in [0.15, 0.2) is 0 Å². The van der Waals surface area contributed by atoms with Gasteiger partial charge in [-0.05, 0) is 31.0 Å². The van der Waals surface area contributed by atoms with Crippen molar-refractivity contribution in [2.75, 3.05) is 4.90 Å². The molecule has 0 radical (unpaired) electrons. The summed E-state index contributed by atoms with van der Waals surface area (Å²) in [7, 11) is 0. The minimum absolute atomic E-state index is 0.201. The molecule has 1 aliphatic heterocycles. The Bertz CT molecular complexity index is 1110. The van der Waals surface area contributed by atoms with E-state index in [2.05, 4.69) is 10.3 Å². The van der Waals surface area contributed by atoms with Crippen LogP contribution in [0.25, 0.3) is 0 Å². The average Bonchev–Trinajstić information content (AvgIpc) is 2.90. The molecule has 0 saturated carbocycles. The number of amides is 2. The molecule has 4 rings (SSSR count). The predicted molar refractivity (Wildman–Crippen MR) is 123 cm³/mol. The van der Waals surface area contributed by atoms with Gasteiger partial charge >= 0.3 is 0 Å². The van der Waals surface area contributed by atoms with E-state index in [1.54, 1.807) is 11.8 Å². The third-order valence-corrected chi connectivity index (χ3v) is 5.47. The smallest absolute Gasteiger partial charge is 0.252 e. The molecule has 5 nitrogen and oxygen atoms in total. The topological polar surface area (TPSA) is 61.8 Å². The lowest BCUT2D eigenvalue weighted by Gasteiger charge is -2.32. The Morgan fingerprint density at radius 3 is 2.29 bits per heavy atom. The maximum atomic E-state index is 13.5.